The minimum atomic E-state index is -0.917. The summed E-state index contributed by atoms with van der Waals surface area (Å²) in [7, 11) is 0. The monoisotopic (exact) mass is 1020 g/mol. The zero-order valence-electron chi connectivity index (χ0n) is 15.2. The Hall–Kier alpha value is 3.21. The van der Waals surface area contributed by atoms with E-state index < -0.39 is 6.71 Å². The van der Waals surface area contributed by atoms with Crippen molar-refractivity contribution in [2.75, 3.05) is 0 Å². The Morgan fingerprint density at radius 3 is 0.588 bits per heavy atom. The first-order valence-electron chi connectivity index (χ1n) is 8.20. The lowest BCUT2D eigenvalue weighted by molar-refractivity contribution is 1.59. The number of hydrogen-bond acceptors (Lipinski definition) is 0. The summed E-state index contributed by atoms with van der Waals surface area (Å²) in [6.07, 6.45) is 0. The third-order valence-corrected chi connectivity index (χ3v) is 15.6. The minimum Gasteiger partial charge on any atom is -0.0836 e. The average molecular weight is 1030 g/mol. The summed E-state index contributed by atoms with van der Waals surface area (Å²) in [6, 6.07) is 0. The molecule has 0 aliphatic carbocycles. The van der Waals surface area contributed by atoms with Crippen molar-refractivity contribution in [2.24, 2.45) is 0 Å². The van der Waals surface area contributed by atoms with Gasteiger partial charge in [0.1, 0.15) is 0 Å². The van der Waals surface area contributed by atoms with E-state index in [2.05, 4.69) is 95.6 Å². The van der Waals surface area contributed by atoms with Crippen molar-refractivity contribution in [1.29, 1.82) is 0 Å². The number of halogens is 15. The zero-order chi connectivity index (χ0) is 26.0. The van der Waals surface area contributed by atoms with Crippen LogP contribution in [0.15, 0.2) is 26.8 Å². The van der Waals surface area contributed by atoms with E-state index in [0.717, 1.165) is 0 Å². The van der Waals surface area contributed by atoms with Crippen LogP contribution < -0.4 is 16.4 Å². The highest BCUT2D eigenvalue weighted by molar-refractivity contribution is 9.12. The highest BCUT2D eigenvalue weighted by Crippen LogP contribution is 2.45. The lowest BCUT2D eigenvalue weighted by Crippen LogP contribution is -2.55. The largest absolute Gasteiger partial charge is 0.253 e. The van der Waals surface area contributed by atoms with Crippen LogP contribution >= 0.6 is 200 Å². The molecular formula is C18BBr6Cl9. The third kappa shape index (κ3) is 5.42. The molecule has 3 rings (SSSR count). The van der Waals surface area contributed by atoms with Crippen LogP contribution in [0.1, 0.15) is 0 Å². The molecule has 0 atom stereocenters. The molecule has 0 aromatic heterocycles. The van der Waals surface area contributed by atoms with E-state index in [-0.39, 0.29) is 45.2 Å². The summed E-state index contributed by atoms with van der Waals surface area (Å²) in [5, 5.41) is 1.92. The second-order valence-electron chi connectivity index (χ2n) is 6.38. The van der Waals surface area contributed by atoms with Crippen molar-refractivity contribution < 1.29 is 0 Å². The van der Waals surface area contributed by atoms with Crippen molar-refractivity contribution in [2.45, 2.75) is 0 Å². The molecule has 0 nitrogen and oxygen atoms in total. The second kappa shape index (κ2) is 12.4. The van der Waals surface area contributed by atoms with Gasteiger partial charge in [-0.1, -0.05) is 104 Å². The van der Waals surface area contributed by atoms with Gasteiger partial charge in [0.05, 0.1) is 72.0 Å². The molecule has 0 N–H and O–H groups in total. The maximum Gasteiger partial charge on any atom is 0.253 e. The molecule has 0 fully saturated rings. The molecule has 0 saturated carbocycles. The lowest BCUT2D eigenvalue weighted by Gasteiger charge is -2.26. The Morgan fingerprint density at radius 2 is 0.441 bits per heavy atom. The van der Waals surface area contributed by atoms with Crippen LogP contribution in [-0.4, -0.2) is 6.71 Å². The Labute approximate surface area is 290 Å². The number of hydrogen-bond donors (Lipinski definition) is 0. The van der Waals surface area contributed by atoms with Gasteiger partial charge in [0.2, 0.25) is 0 Å². The molecule has 0 spiro atoms. The smallest absolute Gasteiger partial charge is 0.0836 e. The van der Waals surface area contributed by atoms with Gasteiger partial charge in [-0.3, -0.25) is 0 Å². The van der Waals surface area contributed by atoms with Gasteiger partial charge in [-0.05, 0) is 112 Å². The van der Waals surface area contributed by atoms with Gasteiger partial charge in [-0.15, -0.1) is 0 Å². The Kier molecular flexibility index (Phi) is 11.6. The zero-order valence-corrected chi connectivity index (χ0v) is 31.6. The average Bonchev–Trinajstić information content (AvgIpc) is 2.81. The van der Waals surface area contributed by atoms with Gasteiger partial charge >= 0.3 is 0 Å². The van der Waals surface area contributed by atoms with E-state index in [4.69, 9.17) is 104 Å². The first-order chi connectivity index (χ1) is 15.7. The van der Waals surface area contributed by atoms with Crippen molar-refractivity contribution >= 4 is 223 Å². The first-order valence-corrected chi connectivity index (χ1v) is 16.4. The normalized spacial score (nSPS) is 11.4. The second-order valence-corrected chi connectivity index (χ2v) is 14.5. The van der Waals surface area contributed by atoms with Crippen LogP contribution in [0.3, 0.4) is 0 Å². The molecule has 0 aliphatic rings. The summed E-state index contributed by atoms with van der Waals surface area (Å²) in [4.78, 5) is 0. The quantitative estimate of drug-likeness (QED) is 0.139. The molecule has 34 heavy (non-hydrogen) atoms. The number of rotatable bonds is 3. The maximum atomic E-state index is 6.79. The molecule has 0 aliphatic heterocycles. The molecule has 0 unspecified atom stereocenters. The van der Waals surface area contributed by atoms with E-state index in [1.54, 1.807) is 0 Å². The van der Waals surface area contributed by atoms with Crippen LogP contribution in [0.25, 0.3) is 0 Å². The highest BCUT2D eigenvalue weighted by atomic mass is 79.9. The molecule has 0 saturated heterocycles. The van der Waals surface area contributed by atoms with Gasteiger partial charge < -0.3 is 0 Å². The predicted molar refractivity (Wildman–Crippen MR) is 175 cm³/mol. The molecular weight excluding hydrogens is 1030 g/mol. The summed E-state index contributed by atoms with van der Waals surface area (Å²) in [5.74, 6) is 0. The van der Waals surface area contributed by atoms with Crippen LogP contribution in [0.4, 0.5) is 0 Å². The predicted octanol–water partition coefficient (Wildman–Crippen LogP) is 12.7. The Morgan fingerprint density at radius 1 is 0.294 bits per heavy atom. The Bertz CT molecular complexity index is 1130. The van der Waals surface area contributed by atoms with E-state index in [1.807, 2.05) is 0 Å². The molecule has 180 valence electrons. The SMILES string of the molecule is Clc1c(Br)c(Cl)c(B(c2c(Cl)c(Br)c(Cl)c(Br)c2Cl)c2c(Cl)c(Br)c(Cl)c(Br)c2Cl)c(Cl)c1Br. The van der Waals surface area contributed by atoms with Crippen molar-refractivity contribution in [3.05, 3.63) is 72.0 Å². The molecule has 16 heteroatoms. The fourth-order valence-corrected chi connectivity index (χ4v) is 9.12. The molecule has 0 radical (unpaired) electrons. The van der Waals surface area contributed by atoms with Gasteiger partial charge in [-0.25, -0.2) is 0 Å². The van der Waals surface area contributed by atoms with Gasteiger partial charge in [0.15, 0.2) is 0 Å². The van der Waals surface area contributed by atoms with Crippen molar-refractivity contribution in [1.82, 2.24) is 0 Å². The van der Waals surface area contributed by atoms with E-state index in [0.29, 0.717) is 43.2 Å². The topological polar surface area (TPSA) is 0 Å². The molecule has 0 bridgehead atoms. The Balaban J connectivity index is 2.68. The van der Waals surface area contributed by atoms with Gasteiger partial charge in [-0.2, -0.15) is 0 Å². The van der Waals surface area contributed by atoms with E-state index in [1.165, 1.54) is 0 Å². The van der Waals surface area contributed by atoms with E-state index >= 15 is 0 Å². The van der Waals surface area contributed by atoms with Crippen LogP contribution in [-0.2, 0) is 0 Å². The molecule has 0 amide bonds. The fraction of sp³-hybridized carbons (Fsp3) is 0. The van der Waals surface area contributed by atoms with Crippen LogP contribution in [0.2, 0.25) is 45.2 Å². The summed E-state index contributed by atoms with van der Waals surface area (Å²) >= 11 is 80.5. The molecule has 3 aromatic rings. The third-order valence-electron chi connectivity index (χ3n) is 4.60. The standard InChI is InChI=1S/C18BBr6Cl9/c20-4-10(26)1(11(27)5(21)16(4)32)19(2-12(28)6(22)17(33)7(23)13(2)29)3-14(30)8(24)18(34)9(25)15(3)31. The van der Waals surface area contributed by atoms with Crippen molar-refractivity contribution in [3.8, 4) is 0 Å². The minimum absolute atomic E-state index is 0.187. The fourth-order valence-electron chi connectivity index (χ4n) is 3.06. The van der Waals surface area contributed by atoms with Crippen LogP contribution in [0.5, 0.6) is 0 Å². The molecule has 3 aromatic carbocycles. The summed E-state index contributed by atoms with van der Waals surface area (Å²) < 4.78 is 2.28. The highest BCUT2D eigenvalue weighted by Gasteiger charge is 2.39. The lowest BCUT2D eigenvalue weighted by atomic mass is 9.36. The number of benzene rings is 3. The van der Waals surface area contributed by atoms with Gasteiger partial charge in [0.25, 0.3) is 6.71 Å². The maximum absolute atomic E-state index is 6.79. The van der Waals surface area contributed by atoms with Crippen LogP contribution in [0, 0.1) is 0 Å². The molecule has 0 heterocycles. The summed E-state index contributed by atoms with van der Waals surface area (Å²) in [5.41, 5.74) is 1.09. The first kappa shape index (κ1) is 31.7. The summed E-state index contributed by atoms with van der Waals surface area (Å²) in [6.45, 7) is -0.917. The van der Waals surface area contributed by atoms with E-state index in [9.17, 15) is 0 Å². The van der Waals surface area contributed by atoms with Gasteiger partial charge in [0, 0.05) is 0 Å². The van der Waals surface area contributed by atoms with Crippen molar-refractivity contribution in [3.63, 3.8) is 0 Å².